The van der Waals surface area contributed by atoms with E-state index in [1.807, 2.05) is 19.1 Å². The van der Waals surface area contributed by atoms with Gasteiger partial charge < -0.3 is 4.74 Å². The summed E-state index contributed by atoms with van der Waals surface area (Å²) in [5.41, 5.74) is 1.72. The fraction of sp³-hybridized carbons (Fsp3) is 0.400. The fourth-order valence-corrected chi connectivity index (χ4v) is 4.77. The van der Waals surface area contributed by atoms with Crippen LogP contribution in [0.15, 0.2) is 29.2 Å². The third-order valence-electron chi connectivity index (χ3n) is 3.88. The van der Waals surface area contributed by atoms with Crippen LogP contribution < -0.4 is 9.04 Å². The van der Waals surface area contributed by atoms with Gasteiger partial charge in [0.05, 0.1) is 23.6 Å². The van der Waals surface area contributed by atoms with Gasteiger partial charge in [0, 0.05) is 7.05 Å². The lowest BCUT2D eigenvalue weighted by molar-refractivity contribution is 0.219. The highest BCUT2D eigenvalue weighted by molar-refractivity contribution is 7.93. The molecule has 0 bridgehead atoms. The van der Waals surface area contributed by atoms with Crippen molar-refractivity contribution in [2.45, 2.75) is 31.8 Å². The van der Waals surface area contributed by atoms with Crippen molar-refractivity contribution < 1.29 is 13.2 Å². The summed E-state index contributed by atoms with van der Waals surface area (Å²) in [6, 6.07) is 7.20. The first kappa shape index (κ1) is 14.9. The number of sulfonamides is 1. The van der Waals surface area contributed by atoms with Crippen LogP contribution >= 0.6 is 0 Å². The van der Waals surface area contributed by atoms with Crippen molar-refractivity contribution in [3.8, 4) is 5.75 Å². The highest BCUT2D eigenvalue weighted by Gasteiger charge is 2.36. The van der Waals surface area contributed by atoms with Crippen LogP contribution in [-0.4, -0.2) is 30.8 Å². The second-order valence-electron chi connectivity index (χ2n) is 5.56. The van der Waals surface area contributed by atoms with Crippen LogP contribution in [0.1, 0.15) is 18.3 Å². The Bertz CT molecular complexity index is 827. The minimum absolute atomic E-state index is 0.207. The Labute approximate surface area is 130 Å². The molecule has 1 aliphatic rings. The van der Waals surface area contributed by atoms with Gasteiger partial charge >= 0.3 is 0 Å². The van der Waals surface area contributed by atoms with Gasteiger partial charge in [-0.3, -0.25) is 8.99 Å². The first-order valence-electron chi connectivity index (χ1n) is 7.11. The van der Waals surface area contributed by atoms with Crippen LogP contribution in [0.25, 0.3) is 0 Å². The van der Waals surface area contributed by atoms with Gasteiger partial charge in [-0.05, 0) is 32.9 Å². The summed E-state index contributed by atoms with van der Waals surface area (Å²) >= 11 is 0. The Morgan fingerprint density at radius 2 is 1.95 bits per heavy atom. The van der Waals surface area contributed by atoms with Crippen molar-refractivity contribution in [1.82, 2.24) is 9.78 Å². The highest BCUT2D eigenvalue weighted by atomic mass is 32.2. The molecule has 1 aliphatic heterocycles. The van der Waals surface area contributed by atoms with Gasteiger partial charge in [-0.15, -0.1) is 0 Å². The van der Waals surface area contributed by atoms with Gasteiger partial charge in [-0.2, -0.15) is 5.10 Å². The van der Waals surface area contributed by atoms with Crippen molar-refractivity contribution >= 4 is 15.7 Å². The molecular formula is C15H19N3O3S. The first-order chi connectivity index (χ1) is 10.3. The van der Waals surface area contributed by atoms with Crippen LogP contribution in [-0.2, 0) is 17.1 Å². The number of aryl methyl sites for hydroxylation is 2. The third kappa shape index (κ3) is 2.16. The lowest BCUT2D eigenvalue weighted by atomic mass is 10.2. The number of ether oxygens (including phenoxy) is 1. The van der Waals surface area contributed by atoms with E-state index < -0.39 is 10.0 Å². The topological polar surface area (TPSA) is 64.4 Å². The van der Waals surface area contributed by atoms with Crippen molar-refractivity contribution in [3.63, 3.8) is 0 Å². The van der Waals surface area contributed by atoms with Crippen LogP contribution in [0, 0.1) is 13.8 Å². The molecule has 0 fully saturated rings. The standard InChI is InChI=1S/C15H19N3O3S/c1-10-9-18(13-7-5-6-8-14(13)21-10)22(19,20)15-11(2)16-17(4)12(15)3/h5-8,10H,9H2,1-4H3/t10-/m0/s1. The Morgan fingerprint density at radius 1 is 1.27 bits per heavy atom. The lowest BCUT2D eigenvalue weighted by Gasteiger charge is -2.34. The van der Waals surface area contributed by atoms with E-state index in [1.165, 1.54) is 4.31 Å². The number of hydrogen-bond donors (Lipinski definition) is 0. The predicted molar refractivity (Wildman–Crippen MR) is 83.7 cm³/mol. The number of nitrogens with zero attached hydrogens (tertiary/aromatic N) is 3. The first-order valence-corrected chi connectivity index (χ1v) is 8.55. The maximum Gasteiger partial charge on any atom is 0.268 e. The summed E-state index contributed by atoms with van der Waals surface area (Å²) in [6.07, 6.45) is -0.207. The number of hydrogen-bond acceptors (Lipinski definition) is 4. The zero-order valence-corrected chi connectivity index (χ0v) is 13.9. The number of anilines is 1. The van der Waals surface area contributed by atoms with E-state index in [4.69, 9.17) is 4.74 Å². The Kier molecular flexibility index (Phi) is 3.40. The lowest BCUT2D eigenvalue weighted by Crippen LogP contribution is -2.42. The van der Waals surface area contributed by atoms with Gasteiger partial charge in [-0.25, -0.2) is 8.42 Å². The molecule has 0 unspecified atom stereocenters. The third-order valence-corrected chi connectivity index (χ3v) is 5.91. The number of aromatic nitrogens is 2. The second kappa shape index (κ2) is 5.01. The van der Waals surface area contributed by atoms with Gasteiger partial charge in [0.25, 0.3) is 10.0 Å². The van der Waals surface area contributed by atoms with Crippen LogP contribution in [0.2, 0.25) is 0 Å². The summed E-state index contributed by atoms with van der Waals surface area (Å²) in [5, 5.41) is 4.23. The molecule has 7 heteroatoms. The quantitative estimate of drug-likeness (QED) is 0.849. The molecule has 2 aromatic rings. The zero-order valence-electron chi connectivity index (χ0n) is 13.1. The minimum atomic E-state index is -3.68. The average Bonchev–Trinajstić information content (AvgIpc) is 2.71. The van der Waals surface area contributed by atoms with Gasteiger partial charge in [-0.1, -0.05) is 12.1 Å². The molecule has 0 aliphatic carbocycles. The predicted octanol–water partition coefficient (Wildman–Crippen LogP) is 2.01. The molecular weight excluding hydrogens is 302 g/mol. The second-order valence-corrected chi connectivity index (χ2v) is 7.36. The van der Waals surface area contributed by atoms with E-state index in [0.717, 1.165) is 0 Å². The number of rotatable bonds is 2. The number of fused-ring (bicyclic) bond motifs is 1. The van der Waals surface area contributed by atoms with E-state index >= 15 is 0 Å². The van der Waals surface area contributed by atoms with Crippen LogP contribution in [0.3, 0.4) is 0 Å². The molecule has 3 rings (SSSR count). The van der Waals surface area contributed by atoms with Gasteiger partial charge in [0.1, 0.15) is 16.7 Å². The molecule has 0 radical (unpaired) electrons. The fourth-order valence-electron chi connectivity index (χ4n) is 2.81. The van der Waals surface area contributed by atoms with Gasteiger partial charge in [0.2, 0.25) is 0 Å². The van der Waals surface area contributed by atoms with Crippen molar-refractivity contribution in [1.29, 1.82) is 0 Å². The van der Waals surface area contributed by atoms with E-state index in [9.17, 15) is 8.42 Å². The highest BCUT2D eigenvalue weighted by Crippen LogP contribution is 2.37. The number of para-hydroxylation sites is 2. The van der Waals surface area contributed by atoms with Crippen molar-refractivity contribution in [2.75, 3.05) is 10.8 Å². The molecule has 1 atom stereocenters. The summed E-state index contributed by atoms with van der Waals surface area (Å²) in [6.45, 7) is 5.63. The van der Waals surface area contributed by atoms with Gasteiger partial charge in [0.15, 0.2) is 0 Å². The summed E-state index contributed by atoms with van der Waals surface area (Å²) < 4.78 is 35.1. The summed E-state index contributed by atoms with van der Waals surface area (Å²) in [5.74, 6) is 0.587. The summed E-state index contributed by atoms with van der Waals surface area (Å²) in [7, 11) is -1.93. The van der Waals surface area contributed by atoms with E-state index in [1.54, 1.807) is 37.7 Å². The molecule has 0 amide bonds. The molecule has 22 heavy (non-hydrogen) atoms. The Balaban J connectivity index is 2.18. The van der Waals surface area contributed by atoms with E-state index in [2.05, 4.69) is 5.10 Å². The maximum absolute atomic E-state index is 13.2. The Hall–Kier alpha value is -2.02. The molecule has 0 saturated carbocycles. The van der Waals surface area contributed by atoms with Crippen LogP contribution in [0.5, 0.6) is 5.75 Å². The molecule has 6 nitrogen and oxygen atoms in total. The van der Waals surface area contributed by atoms with E-state index in [0.29, 0.717) is 22.8 Å². The molecule has 2 heterocycles. The van der Waals surface area contributed by atoms with Crippen molar-refractivity contribution in [2.24, 2.45) is 7.05 Å². The summed E-state index contributed by atoms with van der Waals surface area (Å²) in [4.78, 5) is 0.277. The van der Waals surface area contributed by atoms with Crippen LogP contribution in [0.4, 0.5) is 5.69 Å². The largest absolute Gasteiger partial charge is 0.487 e. The normalized spacial score (nSPS) is 18.0. The monoisotopic (exact) mass is 321 g/mol. The zero-order chi connectivity index (χ0) is 16.1. The Morgan fingerprint density at radius 3 is 2.59 bits per heavy atom. The SMILES string of the molecule is Cc1nn(C)c(C)c1S(=O)(=O)N1C[C@H](C)Oc2ccccc21. The smallest absolute Gasteiger partial charge is 0.268 e. The molecule has 1 aromatic carbocycles. The van der Waals surface area contributed by atoms with E-state index in [-0.39, 0.29) is 17.5 Å². The number of benzene rings is 1. The molecule has 0 saturated heterocycles. The van der Waals surface area contributed by atoms with Crippen molar-refractivity contribution in [3.05, 3.63) is 35.7 Å². The molecule has 0 N–H and O–H groups in total. The maximum atomic E-state index is 13.2. The molecule has 118 valence electrons. The minimum Gasteiger partial charge on any atom is -0.487 e. The average molecular weight is 321 g/mol. The molecule has 0 spiro atoms. The molecule has 1 aromatic heterocycles.